The van der Waals surface area contributed by atoms with E-state index in [0.717, 1.165) is 54.1 Å². The van der Waals surface area contributed by atoms with Crippen molar-refractivity contribution in [3.63, 3.8) is 0 Å². The average Bonchev–Trinajstić information content (AvgIpc) is 3.13. The van der Waals surface area contributed by atoms with Gasteiger partial charge in [0.15, 0.2) is 0 Å². The Morgan fingerprint density at radius 2 is 1.81 bits per heavy atom. The third-order valence-electron chi connectivity index (χ3n) is 4.78. The predicted octanol–water partition coefficient (Wildman–Crippen LogP) is 3.70. The molecule has 5 heteroatoms. The molecule has 1 saturated heterocycles. The molecule has 0 aliphatic carbocycles. The Kier molecular flexibility index (Phi) is 5.29. The van der Waals surface area contributed by atoms with E-state index < -0.39 is 0 Å². The lowest BCUT2D eigenvalue weighted by Gasteiger charge is -2.31. The standard InChI is InChI=1S/C21H22N2O2S/c24-21(18-15-26-20-9-5-4-8-17(18)20)22-19(16-6-2-1-3-7-16)14-23-10-12-25-13-11-23/h1-9,15,19H,10-14H2,(H,22,24). The topological polar surface area (TPSA) is 41.6 Å². The monoisotopic (exact) mass is 366 g/mol. The van der Waals surface area contributed by atoms with Crippen LogP contribution in [0.4, 0.5) is 0 Å². The Labute approximate surface area is 157 Å². The highest BCUT2D eigenvalue weighted by molar-refractivity contribution is 7.17. The molecule has 4 rings (SSSR count). The second-order valence-corrected chi connectivity index (χ2v) is 7.41. The first kappa shape index (κ1) is 17.2. The van der Waals surface area contributed by atoms with Gasteiger partial charge in [-0.3, -0.25) is 9.69 Å². The Hall–Kier alpha value is -2.21. The van der Waals surface area contributed by atoms with Gasteiger partial charge in [0.2, 0.25) is 0 Å². The predicted molar refractivity (Wildman–Crippen MR) is 106 cm³/mol. The van der Waals surface area contributed by atoms with Gasteiger partial charge in [-0.05, 0) is 11.6 Å². The molecule has 1 amide bonds. The van der Waals surface area contributed by atoms with E-state index in [1.807, 2.05) is 41.8 Å². The summed E-state index contributed by atoms with van der Waals surface area (Å²) < 4.78 is 6.59. The number of fused-ring (bicyclic) bond motifs is 1. The lowest BCUT2D eigenvalue weighted by molar-refractivity contribution is 0.0332. The van der Waals surface area contributed by atoms with Gasteiger partial charge in [0, 0.05) is 35.1 Å². The molecule has 1 fully saturated rings. The summed E-state index contributed by atoms with van der Waals surface area (Å²) in [7, 11) is 0. The van der Waals surface area contributed by atoms with Gasteiger partial charge in [-0.25, -0.2) is 0 Å². The third kappa shape index (κ3) is 3.80. The summed E-state index contributed by atoms with van der Waals surface area (Å²) in [5, 5.41) is 6.24. The number of nitrogens with one attached hydrogen (secondary N) is 1. The van der Waals surface area contributed by atoms with Crippen molar-refractivity contribution in [3.8, 4) is 0 Å². The van der Waals surface area contributed by atoms with Gasteiger partial charge in [0.1, 0.15) is 0 Å². The second kappa shape index (κ2) is 7.99. The fourth-order valence-electron chi connectivity index (χ4n) is 3.35. The van der Waals surface area contributed by atoms with Crippen molar-refractivity contribution in [3.05, 3.63) is 71.1 Å². The van der Waals surface area contributed by atoms with Gasteiger partial charge in [0.25, 0.3) is 5.91 Å². The Bertz CT molecular complexity index is 872. The number of carbonyl (C=O) groups is 1. The molecule has 0 spiro atoms. The molecule has 1 N–H and O–H groups in total. The van der Waals surface area contributed by atoms with Crippen molar-refractivity contribution in [2.24, 2.45) is 0 Å². The minimum Gasteiger partial charge on any atom is -0.379 e. The summed E-state index contributed by atoms with van der Waals surface area (Å²) >= 11 is 1.61. The molecule has 1 aromatic heterocycles. The van der Waals surface area contributed by atoms with Crippen LogP contribution in [0.1, 0.15) is 22.0 Å². The van der Waals surface area contributed by atoms with Crippen LogP contribution in [0.3, 0.4) is 0 Å². The van der Waals surface area contributed by atoms with Crippen LogP contribution in [0.15, 0.2) is 60.0 Å². The number of thiophene rings is 1. The third-order valence-corrected chi connectivity index (χ3v) is 5.74. The molecule has 1 aliphatic heterocycles. The molecular weight excluding hydrogens is 344 g/mol. The second-order valence-electron chi connectivity index (χ2n) is 6.50. The van der Waals surface area contributed by atoms with Crippen LogP contribution < -0.4 is 5.32 Å². The number of hydrogen-bond acceptors (Lipinski definition) is 4. The molecule has 26 heavy (non-hydrogen) atoms. The molecule has 1 aliphatic rings. The number of hydrogen-bond donors (Lipinski definition) is 1. The molecule has 134 valence electrons. The quantitative estimate of drug-likeness (QED) is 0.749. The van der Waals surface area contributed by atoms with Gasteiger partial charge >= 0.3 is 0 Å². The summed E-state index contributed by atoms with van der Waals surface area (Å²) in [6.07, 6.45) is 0. The molecule has 0 radical (unpaired) electrons. The normalized spacial score (nSPS) is 16.5. The molecule has 0 bridgehead atoms. The average molecular weight is 366 g/mol. The molecule has 2 heterocycles. The zero-order chi connectivity index (χ0) is 17.8. The Morgan fingerprint density at radius 3 is 2.62 bits per heavy atom. The van der Waals surface area contributed by atoms with Crippen molar-refractivity contribution >= 4 is 27.3 Å². The van der Waals surface area contributed by atoms with Crippen LogP contribution in [0.2, 0.25) is 0 Å². The number of amides is 1. The zero-order valence-electron chi connectivity index (χ0n) is 14.6. The van der Waals surface area contributed by atoms with Gasteiger partial charge in [-0.2, -0.15) is 0 Å². The Morgan fingerprint density at radius 1 is 1.08 bits per heavy atom. The van der Waals surface area contributed by atoms with E-state index in [1.165, 1.54) is 0 Å². The number of ether oxygens (including phenoxy) is 1. The van der Waals surface area contributed by atoms with Gasteiger partial charge in [-0.1, -0.05) is 48.5 Å². The van der Waals surface area contributed by atoms with E-state index in [9.17, 15) is 4.79 Å². The van der Waals surface area contributed by atoms with Gasteiger partial charge in [-0.15, -0.1) is 11.3 Å². The highest BCUT2D eigenvalue weighted by Crippen LogP contribution is 2.26. The highest BCUT2D eigenvalue weighted by Gasteiger charge is 2.22. The summed E-state index contributed by atoms with van der Waals surface area (Å²) in [6.45, 7) is 4.11. The molecular formula is C21H22N2O2S. The smallest absolute Gasteiger partial charge is 0.253 e. The summed E-state index contributed by atoms with van der Waals surface area (Å²) in [5.41, 5.74) is 1.89. The lowest BCUT2D eigenvalue weighted by Crippen LogP contribution is -2.43. The summed E-state index contributed by atoms with van der Waals surface area (Å²) in [5.74, 6) is -0.00966. The highest BCUT2D eigenvalue weighted by atomic mass is 32.1. The number of rotatable bonds is 5. The molecule has 2 aromatic carbocycles. The maximum absolute atomic E-state index is 13.0. The number of morpholine rings is 1. The van der Waals surface area contributed by atoms with Gasteiger partial charge < -0.3 is 10.1 Å². The van der Waals surface area contributed by atoms with Crippen molar-refractivity contribution in [1.82, 2.24) is 10.2 Å². The first-order valence-corrected chi connectivity index (χ1v) is 9.81. The van der Waals surface area contributed by atoms with Crippen molar-refractivity contribution in [1.29, 1.82) is 0 Å². The lowest BCUT2D eigenvalue weighted by atomic mass is 10.0. The Balaban J connectivity index is 1.56. The molecule has 3 aromatic rings. The van der Waals surface area contributed by atoms with E-state index in [2.05, 4.69) is 28.4 Å². The van der Waals surface area contributed by atoms with Crippen LogP contribution in [0.5, 0.6) is 0 Å². The van der Waals surface area contributed by atoms with Crippen LogP contribution in [-0.4, -0.2) is 43.7 Å². The minimum absolute atomic E-state index is 0.00966. The first-order chi connectivity index (χ1) is 12.8. The summed E-state index contributed by atoms with van der Waals surface area (Å²) in [6, 6.07) is 18.2. The van der Waals surface area contributed by atoms with E-state index in [4.69, 9.17) is 4.74 Å². The van der Waals surface area contributed by atoms with E-state index >= 15 is 0 Å². The maximum atomic E-state index is 13.0. The minimum atomic E-state index is -0.0412. The number of nitrogens with zero attached hydrogens (tertiary/aromatic N) is 1. The first-order valence-electron chi connectivity index (χ1n) is 8.93. The van der Waals surface area contributed by atoms with Crippen LogP contribution in [0.25, 0.3) is 10.1 Å². The largest absolute Gasteiger partial charge is 0.379 e. The van der Waals surface area contributed by atoms with Crippen molar-refractivity contribution < 1.29 is 9.53 Å². The van der Waals surface area contributed by atoms with Crippen LogP contribution in [0, 0.1) is 0 Å². The fraction of sp³-hybridized carbons (Fsp3) is 0.286. The van der Waals surface area contributed by atoms with Crippen LogP contribution >= 0.6 is 11.3 Å². The maximum Gasteiger partial charge on any atom is 0.253 e. The number of carbonyl (C=O) groups excluding carboxylic acids is 1. The fourth-order valence-corrected chi connectivity index (χ4v) is 4.29. The van der Waals surface area contributed by atoms with E-state index in [1.54, 1.807) is 11.3 Å². The molecule has 4 nitrogen and oxygen atoms in total. The molecule has 1 unspecified atom stereocenters. The van der Waals surface area contributed by atoms with Gasteiger partial charge in [0.05, 0.1) is 24.8 Å². The van der Waals surface area contributed by atoms with E-state index in [-0.39, 0.29) is 11.9 Å². The molecule has 1 atom stereocenters. The van der Waals surface area contributed by atoms with E-state index in [0.29, 0.717) is 0 Å². The number of benzene rings is 2. The molecule has 0 saturated carbocycles. The van der Waals surface area contributed by atoms with Crippen molar-refractivity contribution in [2.75, 3.05) is 32.8 Å². The summed E-state index contributed by atoms with van der Waals surface area (Å²) in [4.78, 5) is 15.4. The van der Waals surface area contributed by atoms with Crippen molar-refractivity contribution in [2.45, 2.75) is 6.04 Å². The van der Waals surface area contributed by atoms with Crippen LogP contribution in [-0.2, 0) is 4.74 Å². The SMILES string of the molecule is O=C(NC(CN1CCOCC1)c1ccccc1)c1csc2ccccc12. The zero-order valence-corrected chi connectivity index (χ0v) is 15.4.